The molecule has 3 aromatic rings. The van der Waals surface area contributed by atoms with E-state index in [0.29, 0.717) is 35.2 Å². The zero-order valence-electron chi connectivity index (χ0n) is 16.9. The smallest absolute Gasteiger partial charge is 0.175 e. The van der Waals surface area contributed by atoms with Gasteiger partial charge in [0.25, 0.3) is 0 Å². The molecular formula is C24H24BrClFNO2. The van der Waals surface area contributed by atoms with E-state index in [0.717, 1.165) is 10.0 Å². The number of hydrogen-bond acceptors (Lipinski definition) is 3. The lowest BCUT2D eigenvalue weighted by atomic mass is 10.1. The second-order valence-electron chi connectivity index (χ2n) is 6.88. The summed E-state index contributed by atoms with van der Waals surface area (Å²) in [5.74, 6) is 0.868. The van der Waals surface area contributed by atoms with Gasteiger partial charge in [-0.3, -0.25) is 0 Å². The van der Waals surface area contributed by atoms with Gasteiger partial charge in [-0.2, -0.15) is 0 Å². The zero-order chi connectivity index (χ0) is 21.5. The van der Waals surface area contributed by atoms with Crippen LogP contribution in [-0.4, -0.2) is 6.61 Å². The molecule has 1 atom stereocenters. The van der Waals surface area contributed by atoms with E-state index in [1.165, 1.54) is 17.7 Å². The summed E-state index contributed by atoms with van der Waals surface area (Å²) in [5, 5.41) is 3.86. The summed E-state index contributed by atoms with van der Waals surface area (Å²) < 4.78 is 25.8. The number of benzene rings is 3. The second kappa shape index (κ2) is 10.8. The minimum absolute atomic E-state index is 0.209. The first-order valence-corrected chi connectivity index (χ1v) is 10.9. The Morgan fingerprint density at radius 1 is 1.07 bits per heavy atom. The van der Waals surface area contributed by atoms with Crippen molar-refractivity contribution in [2.24, 2.45) is 0 Å². The van der Waals surface area contributed by atoms with Crippen LogP contribution in [0.5, 0.6) is 11.5 Å². The highest BCUT2D eigenvalue weighted by atomic mass is 79.9. The van der Waals surface area contributed by atoms with Crippen molar-refractivity contribution < 1.29 is 13.9 Å². The highest BCUT2D eigenvalue weighted by molar-refractivity contribution is 9.10. The van der Waals surface area contributed by atoms with Crippen molar-refractivity contribution in [1.82, 2.24) is 5.32 Å². The molecule has 0 bridgehead atoms. The molecule has 0 aromatic heterocycles. The third-order valence-corrected chi connectivity index (χ3v) is 5.61. The molecule has 0 saturated carbocycles. The maximum absolute atomic E-state index is 13.3. The Morgan fingerprint density at radius 3 is 2.53 bits per heavy atom. The Kier molecular flexibility index (Phi) is 8.14. The maximum atomic E-state index is 13.3. The average molecular weight is 493 g/mol. The van der Waals surface area contributed by atoms with E-state index in [4.69, 9.17) is 21.1 Å². The quantitative estimate of drug-likeness (QED) is 0.346. The topological polar surface area (TPSA) is 30.5 Å². The lowest BCUT2D eigenvalue weighted by molar-refractivity contribution is 0.267. The molecule has 158 valence electrons. The van der Waals surface area contributed by atoms with E-state index in [1.807, 2.05) is 37.3 Å². The summed E-state index contributed by atoms with van der Waals surface area (Å²) in [6.07, 6.45) is 0. The first kappa shape index (κ1) is 22.6. The van der Waals surface area contributed by atoms with Crippen LogP contribution >= 0.6 is 27.5 Å². The summed E-state index contributed by atoms with van der Waals surface area (Å²) in [6.45, 7) is 5.46. The van der Waals surface area contributed by atoms with E-state index in [-0.39, 0.29) is 18.5 Å². The van der Waals surface area contributed by atoms with Gasteiger partial charge < -0.3 is 14.8 Å². The fraction of sp³-hybridized carbons (Fsp3) is 0.250. The molecule has 0 spiro atoms. The first-order valence-electron chi connectivity index (χ1n) is 9.78. The van der Waals surface area contributed by atoms with Crippen LogP contribution in [0.4, 0.5) is 4.39 Å². The van der Waals surface area contributed by atoms with Crippen molar-refractivity contribution >= 4 is 27.5 Å². The second-order valence-corrected chi connectivity index (χ2v) is 8.14. The average Bonchev–Trinajstić information content (AvgIpc) is 2.73. The maximum Gasteiger partial charge on any atom is 0.175 e. The van der Waals surface area contributed by atoms with Crippen LogP contribution in [0, 0.1) is 5.82 Å². The lowest BCUT2D eigenvalue weighted by Gasteiger charge is -2.18. The van der Waals surface area contributed by atoms with Gasteiger partial charge in [0.1, 0.15) is 12.4 Å². The number of halogens is 3. The standard InChI is InChI=1S/C24H24BrClFNO2/c1-3-29-23-12-17(14-28-16(2)18-7-5-4-6-8-18)11-21(25)24(23)30-15-19-9-10-20(27)13-22(19)26/h4-13,16,28H,3,14-15H2,1-2H3. The molecule has 3 aromatic carbocycles. The third kappa shape index (κ3) is 5.97. The molecule has 0 aliphatic carbocycles. The Balaban J connectivity index is 1.73. The molecule has 0 saturated heterocycles. The highest BCUT2D eigenvalue weighted by Gasteiger charge is 2.14. The predicted octanol–water partition coefficient (Wildman–Crippen LogP) is 7.07. The van der Waals surface area contributed by atoms with Gasteiger partial charge in [-0.1, -0.05) is 48.0 Å². The highest BCUT2D eigenvalue weighted by Crippen LogP contribution is 2.38. The molecule has 0 heterocycles. The zero-order valence-corrected chi connectivity index (χ0v) is 19.3. The number of hydrogen-bond donors (Lipinski definition) is 1. The molecule has 1 unspecified atom stereocenters. The molecule has 1 N–H and O–H groups in total. The summed E-state index contributed by atoms with van der Waals surface area (Å²) in [7, 11) is 0. The molecule has 0 aliphatic heterocycles. The normalized spacial score (nSPS) is 11.9. The van der Waals surface area contributed by atoms with Gasteiger partial charge in [0.2, 0.25) is 0 Å². The summed E-state index contributed by atoms with van der Waals surface area (Å²) in [6, 6.07) is 18.8. The number of ether oxygens (including phenoxy) is 2. The Morgan fingerprint density at radius 2 is 1.83 bits per heavy atom. The first-order chi connectivity index (χ1) is 14.5. The lowest BCUT2D eigenvalue weighted by Crippen LogP contribution is -2.18. The van der Waals surface area contributed by atoms with Crippen LogP contribution in [0.25, 0.3) is 0 Å². The van der Waals surface area contributed by atoms with Crippen LogP contribution in [0.1, 0.15) is 36.6 Å². The van der Waals surface area contributed by atoms with Crippen molar-refractivity contribution in [3.8, 4) is 11.5 Å². The van der Waals surface area contributed by atoms with Gasteiger partial charge in [-0.05, 0) is 65.2 Å². The third-order valence-electron chi connectivity index (χ3n) is 4.67. The van der Waals surface area contributed by atoms with Gasteiger partial charge in [0.15, 0.2) is 11.5 Å². The Hall–Kier alpha value is -2.08. The van der Waals surface area contributed by atoms with Crippen LogP contribution in [0.2, 0.25) is 5.02 Å². The molecular weight excluding hydrogens is 469 g/mol. The fourth-order valence-corrected chi connectivity index (χ4v) is 3.87. The van der Waals surface area contributed by atoms with Gasteiger partial charge in [0.05, 0.1) is 16.1 Å². The van der Waals surface area contributed by atoms with Crippen molar-refractivity contribution in [2.45, 2.75) is 33.0 Å². The molecule has 30 heavy (non-hydrogen) atoms. The van der Waals surface area contributed by atoms with Gasteiger partial charge >= 0.3 is 0 Å². The summed E-state index contributed by atoms with van der Waals surface area (Å²) in [5.41, 5.74) is 3.01. The molecule has 3 nitrogen and oxygen atoms in total. The molecule has 0 amide bonds. The van der Waals surface area contributed by atoms with Gasteiger partial charge in [-0.15, -0.1) is 0 Å². The van der Waals surface area contributed by atoms with Crippen LogP contribution in [0.15, 0.2) is 65.1 Å². The van der Waals surface area contributed by atoms with Crippen LogP contribution in [-0.2, 0) is 13.2 Å². The van der Waals surface area contributed by atoms with Gasteiger partial charge in [0, 0.05) is 18.2 Å². The molecule has 6 heteroatoms. The summed E-state index contributed by atoms with van der Waals surface area (Å²) in [4.78, 5) is 0. The van der Waals surface area contributed by atoms with Crippen molar-refractivity contribution in [3.05, 3.63) is 92.7 Å². The van der Waals surface area contributed by atoms with E-state index >= 15 is 0 Å². The monoisotopic (exact) mass is 491 g/mol. The van der Waals surface area contributed by atoms with E-state index in [2.05, 4.69) is 40.3 Å². The minimum atomic E-state index is -0.374. The molecule has 0 fully saturated rings. The van der Waals surface area contributed by atoms with Crippen LogP contribution in [0.3, 0.4) is 0 Å². The molecule has 3 rings (SSSR count). The largest absolute Gasteiger partial charge is 0.490 e. The summed E-state index contributed by atoms with van der Waals surface area (Å²) >= 11 is 9.71. The Bertz CT molecular complexity index is 984. The number of nitrogens with one attached hydrogen (secondary N) is 1. The van der Waals surface area contributed by atoms with E-state index < -0.39 is 0 Å². The minimum Gasteiger partial charge on any atom is -0.490 e. The number of rotatable bonds is 9. The van der Waals surface area contributed by atoms with Crippen molar-refractivity contribution in [2.75, 3.05) is 6.61 Å². The van der Waals surface area contributed by atoms with Crippen molar-refractivity contribution in [3.63, 3.8) is 0 Å². The van der Waals surface area contributed by atoms with Gasteiger partial charge in [-0.25, -0.2) is 4.39 Å². The van der Waals surface area contributed by atoms with E-state index in [9.17, 15) is 4.39 Å². The van der Waals surface area contributed by atoms with Crippen molar-refractivity contribution in [1.29, 1.82) is 0 Å². The molecule has 0 aliphatic rings. The van der Waals surface area contributed by atoms with E-state index in [1.54, 1.807) is 6.07 Å². The Labute approximate surface area is 190 Å². The fourth-order valence-electron chi connectivity index (χ4n) is 3.05. The SMILES string of the molecule is CCOc1cc(CNC(C)c2ccccc2)cc(Br)c1OCc1ccc(F)cc1Cl. The van der Waals surface area contributed by atoms with Crippen LogP contribution < -0.4 is 14.8 Å². The predicted molar refractivity (Wildman–Crippen MR) is 123 cm³/mol. The molecule has 0 radical (unpaired) electrons.